The summed E-state index contributed by atoms with van der Waals surface area (Å²) in [5.74, 6) is -0.120. The molecule has 0 atom stereocenters. The van der Waals surface area contributed by atoms with Gasteiger partial charge in [-0.3, -0.25) is 4.68 Å². The smallest absolute Gasteiger partial charge is 0.339 e. The molecule has 114 valence electrons. The zero-order valence-corrected chi connectivity index (χ0v) is 12.7. The first kappa shape index (κ1) is 14.5. The molecule has 7 heteroatoms. The summed E-state index contributed by atoms with van der Waals surface area (Å²) >= 11 is 6.02. The number of halogens is 1. The number of benzene rings is 1. The second-order valence-electron chi connectivity index (χ2n) is 4.85. The summed E-state index contributed by atoms with van der Waals surface area (Å²) in [4.78, 5) is 11.3. The van der Waals surface area contributed by atoms with Crippen LogP contribution in [0, 0.1) is 6.92 Å². The number of fused-ring (bicyclic) bond motifs is 1. The number of aryl methyl sites for hydroxylation is 2. The van der Waals surface area contributed by atoms with Crippen LogP contribution in [0.1, 0.15) is 21.8 Å². The minimum absolute atomic E-state index is 0.152. The maximum Gasteiger partial charge on any atom is 0.339 e. The molecule has 3 rings (SSSR count). The molecule has 0 fully saturated rings. The van der Waals surface area contributed by atoms with Crippen LogP contribution in [0.15, 0.2) is 28.8 Å². The van der Waals surface area contributed by atoms with Crippen LogP contribution in [0.2, 0.25) is 5.02 Å². The van der Waals surface area contributed by atoms with Crippen molar-refractivity contribution in [3.05, 3.63) is 46.4 Å². The Bertz CT molecular complexity index is 846. The number of hydrogen-bond donors (Lipinski definition) is 1. The zero-order valence-electron chi connectivity index (χ0n) is 12.0. The van der Waals surface area contributed by atoms with Gasteiger partial charge in [0, 0.05) is 12.4 Å². The second-order valence-corrected chi connectivity index (χ2v) is 5.26. The number of hydrogen-bond acceptors (Lipinski definition) is 4. The summed E-state index contributed by atoms with van der Waals surface area (Å²) in [6.45, 7) is 1.86. The Kier molecular flexibility index (Phi) is 3.54. The molecular formula is C15H13ClN2O4. The molecule has 22 heavy (non-hydrogen) atoms. The third-order valence-corrected chi connectivity index (χ3v) is 3.75. The van der Waals surface area contributed by atoms with Crippen molar-refractivity contribution in [3.63, 3.8) is 0 Å². The Morgan fingerprint density at radius 1 is 1.50 bits per heavy atom. The molecule has 0 saturated heterocycles. The van der Waals surface area contributed by atoms with E-state index in [4.69, 9.17) is 20.8 Å². The van der Waals surface area contributed by atoms with Crippen LogP contribution in [0.4, 0.5) is 0 Å². The van der Waals surface area contributed by atoms with Gasteiger partial charge in [-0.25, -0.2) is 4.79 Å². The van der Waals surface area contributed by atoms with E-state index in [1.165, 1.54) is 0 Å². The van der Waals surface area contributed by atoms with Gasteiger partial charge in [-0.05, 0) is 25.1 Å². The second kappa shape index (κ2) is 5.38. The summed E-state index contributed by atoms with van der Waals surface area (Å²) in [6, 6.07) is 5.07. The van der Waals surface area contributed by atoms with Gasteiger partial charge in [0.1, 0.15) is 29.3 Å². The Hall–Kier alpha value is -2.47. The van der Waals surface area contributed by atoms with Crippen molar-refractivity contribution in [2.24, 2.45) is 7.05 Å². The molecule has 0 aliphatic rings. The molecule has 1 N–H and O–H groups in total. The minimum Gasteiger partial charge on any atom is -0.487 e. The van der Waals surface area contributed by atoms with E-state index in [0.717, 1.165) is 5.69 Å². The Morgan fingerprint density at radius 3 is 2.91 bits per heavy atom. The Morgan fingerprint density at radius 2 is 2.27 bits per heavy atom. The van der Waals surface area contributed by atoms with Crippen LogP contribution in [-0.4, -0.2) is 20.9 Å². The van der Waals surface area contributed by atoms with Crippen molar-refractivity contribution < 1.29 is 19.1 Å². The average molecular weight is 321 g/mol. The van der Waals surface area contributed by atoms with Crippen molar-refractivity contribution in [3.8, 4) is 5.75 Å². The summed E-state index contributed by atoms with van der Waals surface area (Å²) in [5.41, 5.74) is 1.41. The molecule has 3 aromatic rings. The Labute approximate surface area is 130 Å². The number of carboxylic acid groups (broad SMARTS) is 1. The normalized spacial score (nSPS) is 11.0. The molecule has 2 heterocycles. The fourth-order valence-electron chi connectivity index (χ4n) is 2.30. The van der Waals surface area contributed by atoms with E-state index < -0.39 is 5.97 Å². The van der Waals surface area contributed by atoms with Crippen molar-refractivity contribution in [2.45, 2.75) is 13.5 Å². The summed E-state index contributed by atoms with van der Waals surface area (Å²) in [6.07, 6.45) is 1.55. The van der Waals surface area contributed by atoms with Crippen LogP contribution < -0.4 is 4.74 Å². The molecule has 0 unspecified atom stereocenters. The van der Waals surface area contributed by atoms with Gasteiger partial charge in [-0.15, -0.1) is 0 Å². The van der Waals surface area contributed by atoms with E-state index >= 15 is 0 Å². The van der Waals surface area contributed by atoms with Crippen molar-refractivity contribution in [2.75, 3.05) is 0 Å². The number of aromatic carboxylic acids is 1. The molecule has 1 aromatic carbocycles. The lowest BCUT2D eigenvalue weighted by Gasteiger charge is -2.07. The summed E-state index contributed by atoms with van der Waals surface area (Å²) in [7, 11) is 1.77. The fraction of sp³-hybridized carbons (Fsp3) is 0.200. The number of aromatic nitrogens is 2. The summed E-state index contributed by atoms with van der Waals surface area (Å²) < 4.78 is 12.7. The Balaban J connectivity index is 1.92. The lowest BCUT2D eigenvalue weighted by molar-refractivity contribution is 0.0697. The topological polar surface area (TPSA) is 77.5 Å². The zero-order chi connectivity index (χ0) is 15.9. The van der Waals surface area contributed by atoms with E-state index in [2.05, 4.69) is 5.10 Å². The highest BCUT2D eigenvalue weighted by Gasteiger charge is 2.18. The monoisotopic (exact) mass is 320 g/mol. The fourth-order valence-corrected chi connectivity index (χ4v) is 2.53. The molecule has 0 spiro atoms. The third-order valence-electron chi connectivity index (χ3n) is 3.44. The standard InChI is InChI=1S/C15H13ClN2O4/c1-8-14(15(19)20)10-5-9(3-4-13(10)22-8)21-7-12-11(16)6-17-18(12)2/h3-6H,7H2,1-2H3,(H,19,20). The molecule has 0 amide bonds. The summed E-state index contributed by atoms with van der Waals surface area (Å²) in [5, 5.41) is 14.3. The number of furan rings is 1. The van der Waals surface area contributed by atoms with Gasteiger partial charge in [-0.1, -0.05) is 11.6 Å². The van der Waals surface area contributed by atoms with Gasteiger partial charge in [0.25, 0.3) is 0 Å². The molecule has 2 aromatic heterocycles. The van der Waals surface area contributed by atoms with E-state index in [-0.39, 0.29) is 12.2 Å². The quantitative estimate of drug-likeness (QED) is 0.797. The van der Waals surface area contributed by atoms with Gasteiger partial charge in [0.2, 0.25) is 0 Å². The van der Waals surface area contributed by atoms with E-state index in [1.54, 1.807) is 43.0 Å². The lowest BCUT2D eigenvalue weighted by atomic mass is 10.1. The van der Waals surface area contributed by atoms with Crippen LogP contribution in [0.3, 0.4) is 0 Å². The first-order valence-corrected chi connectivity index (χ1v) is 6.91. The predicted molar refractivity (Wildman–Crippen MR) is 80.5 cm³/mol. The molecule has 0 aliphatic heterocycles. The predicted octanol–water partition coefficient (Wildman–Crippen LogP) is 3.41. The van der Waals surface area contributed by atoms with E-state index in [1.807, 2.05) is 0 Å². The first-order valence-electron chi connectivity index (χ1n) is 6.53. The largest absolute Gasteiger partial charge is 0.487 e. The number of rotatable bonds is 4. The number of carboxylic acids is 1. The number of ether oxygens (including phenoxy) is 1. The van der Waals surface area contributed by atoms with Crippen molar-refractivity contribution >= 4 is 28.5 Å². The van der Waals surface area contributed by atoms with Gasteiger partial charge in [-0.2, -0.15) is 5.10 Å². The molecule has 0 aliphatic carbocycles. The van der Waals surface area contributed by atoms with E-state index in [0.29, 0.717) is 27.5 Å². The first-order chi connectivity index (χ1) is 10.5. The van der Waals surface area contributed by atoms with Gasteiger partial charge < -0.3 is 14.3 Å². The SMILES string of the molecule is Cc1oc2ccc(OCc3c(Cl)cnn3C)cc2c1C(=O)O. The lowest BCUT2D eigenvalue weighted by Crippen LogP contribution is -2.03. The molecular weight excluding hydrogens is 308 g/mol. The van der Waals surface area contributed by atoms with Gasteiger partial charge in [0.15, 0.2) is 0 Å². The highest BCUT2D eigenvalue weighted by atomic mass is 35.5. The molecule has 0 saturated carbocycles. The minimum atomic E-state index is -1.02. The van der Waals surface area contributed by atoms with Crippen molar-refractivity contribution in [1.82, 2.24) is 9.78 Å². The van der Waals surface area contributed by atoms with Crippen LogP contribution in [0.25, 0.3) is 11.0 Å². The number of nitrogens with zero attached hydrogens (tertiary/aromatic N) is 2. The van der Waals surface area contributed by atoms with E-state index in [9.17, 15) is 9.90 Å². The third kappa shape index (κ3) is 2.42. The maximum absolute atomic E-state index is 11.3. The molecule has 0 bridgehead atoms. The van der Waals surface area contributed by atoms with Crippen LogP contribution in [0.5, 0.6) is 5.75 Å². The highest BCUT2D eigenvalue weighted by Crippen LogP contribution is 2.29. The van der Waals surface area contributed by atoms with Crippen molar-refractivity contribution in [1.29, 1.82) is 0 Å². The molecule has 0 radical (unpaired) electrons. The van der Waals surface area contributed by atoms with Gasteiger partial charge >= 0.3 is 5.97 Å². The highest BCUT2D eigenvalue weighted by molar-refractivity contribution is 6.31. The van der Waals surface area contributed by atoms with Crippen LogP contribution in [-0.2, 0) is 13.7 Å². The van der Waals surface area contributed by atoms with Gasteiger partial charge in [0.05, 0.1) is 16.9 Å². The number of carbonyl (C=O) groups is 1. The average Bonchev–Trinajstić information content (AvgIpc) is 2.95. The molecule has 6 nitrogen and oxygen atoms in total. The van der Waals surface area contributed by atoms with Crippen LogP contribution >= 0.6 is 11.6 Å². The maximum atomic E-state index is 11.3.